The van der Waals surface area contributed by atoms with Crippen LogP contribution in [-0.4, -0.2) is 24.5 Å². The molecule has 8 heteroatoms. The van der Waals surface area contributed by atoms with Gasteiger partial charge in [-0.1, -0.05) is 40.5 Å². The van der Waals surface area contributed by atoms with Gasteiger partial charge in [0.1, 0.15) is 0 Å². The molecular formula is C21H22BCl2NO4. The number of benzene rings is 2. The maximum atomic E-state index is 10.1. The summed E-state index contributed by atoms with van der Waals surface area (Å²) in [5, 5.41) is 15.3. The zero-order valence-corrected chi connectivity index (χ0v) is 18.3. The van der Waals surface area contributed by atoms with Gasteiger partial charge >= 0.3 is 7.12 Å². The summed E-state index contributed by atoms with van der Waals surface area (Å²) in [7, 11) is -0.908. The zero-order valence-electron chi connectivity index (χ0n) is 16.8. The number of hydrogen-bond donors (Lipinski definition) is 1. The minimum atomic E-state index is -0.908. The fourth-order valence-corrected chi connectivity index (χ4v) is 4.47. The van der Waals surface area contributed by atoms with E-state index < -0.39 is 18.3 Å². The zero-order chi connectivity index (χ0) is 21.0. The van der Waals surface area contributed by atoms with Crippen molar-refractivity contribution in [1.82, 2.24) is 0 Å². The van der Waals surface area contributed by atoms with Gasteiger partial charge in [-0.05, 0) is 62.5 Å². The number of nitrogens with zero attached hydrogens (tertiary/aromatic N) is 1. The first kappa shape index (κ1) is 20.5. The maximum Gasteiger partial charge on any atom is 0.492 e. The molecule has 2 heterocycles. The molecule has 0 bridgehead atoms. The molecule has 2 aromatic carbocycles. The van der Waals surface area contributed by atoms with E-state index in [2.05, 4.69) is 5.16 Å². The van der Waals surface area contributed by atoms with Crippen molar-refractivity contribution < 1.29 is 19.3 Å². The number of oxime groups is 1. The number of hydrogen-bond acceptors (Lipinski definition) is 5. The van der Waals surface area contributed by atoms with Gasteiger partial charge in [0.25, 0.3) is 0 Å². The van der Waals surface area contributed by atoms with Gasteiger partial charge in [-0.3, -0.25) is 0 Å². The lowest BCUT2D eigenvalue weighted by molar-refractivity contribution is -0.00740. The second kappa shape index (κ2) is 7.20. The lowest BCUT2D eigenvalue weighted by Crippen LogP contribution is -2.28. The Kier molecular flexibility index (Phi) is 5.10. The van der Waals surface area contributed by atoms with Crippen molar-refractivity contribution in [2.24, 2.45) is 5.16 Å². The molecule has 1 N–H and O–H groups in total. The van der Waals surface area contributed by atoms with Crippen LogP contribution in [0.4, 0.5) is 0 Å². The minimum Gasteiger partial charge on any atom is -0.491 e. The molecule has 0 fully saturated rings. The first-order valence-electron chi connectivity index (χ1n) is 9.52. The van der Waals surface area contributed by atoms with Crippen molar-refractivity contribution in [3.05, 3.63) is 57.1 Å². The van der Waals surface area contributed by atoms with Crippen molar-refractivity contribution in [1.29, 1.82) is 0 Å². The van der Waals surface area contributed by atoms with Crippen LogP contribution in [0.1, 0.15) is 50.8 Å². The summed E-state index contributed by atoms with van der Waals surface area (Å²) >= 11 is 12.8. The van der Waals surface area contributed by atoms with E-state index in [-0.39, 0.29) is 0 Å². The Morgan fingerprint density at radius 1 is 1.17 bits per heavy atom. The minimum absolute atomic E-state index is 0.443. The van der Waals surface area contributed by atoms with E-state index in [1.807, 2.05) is 58.0 Å². The largest absolute Gasteiger partial charge is 0.492 e. The van der Waals surface area contributed by atoms with E-state index in [1.165, 1.54) is 0 Å². The molecule has 1 atom stereocenters. The number of fused-ring (bicyclic) bond motifs is 1. The molecular weight excluding hydrogens is 412 g/mol. The molecule has 0 amide bonds. The van der Waals surface area contributed by atoms with Crippen LogP contribution in [0.5, 0.6) is 5.75 Å². The van der Waals surface area contributed by atoms with Gasteiger partial charge < -0.3 is 19.3 Å². The van der Waals surface area contributed by atoms with E-state index in [0.29, 0.717) is 28.8 Å². The molecule has 0 spiro atoms. The fourth-order valence-electron chi connectivity index (χ4n) is 3.88. The first-order chi connectivity index (χ1) is 13.6. The Morgan fingerprint density at radius 2 is 1.86 bits per heavy atom. The molecule has 2 aliphatic rings. The molecule has 152 valence electrons. The predicted octanol–water partition coefficient (Wildman–Crippen LogP) is 4.38. The van der Waals surface area contributed by atoms with Gasteiger partial charge in [0.2, 0.25) is 0 Å². The van der Waals surface area contributed by atoms with Gasteiger partial charge in [-0.15, -0.1) is 0 Å². The van der Waals surface area contributed by atoms with Crippen LogP contribution in [-0.2, 0) is 20.7 Å². The highest BCUT2D eigenvalue weighted by Crippen LogP contribution is 2.42. The quantitative estimate of drug-likeness (QED) is 0.726. The van der Waals surface area contributed by atoms with Crippen LogP contribution >= 0.6 is 23.2 Å². The third-order valence-corrected chi connectivity index (χ3v) is 6.03. The third kappa shape index (κ3) is 3.53. The summed E-state index contributed by atoms with van der Waals surface area (Å²) in [4.78, 5) is 5.85. The fraction of sp³-hybridized carbons (Fsp3) is 0.381. The van der Waals surface area contributed by atoms with Crippen LogP contribution in [0.3, 0.4) is 0 Å². The number of ether oxygens (including phenoxy) is 1. The van der Waals surface area contributed by atoms with Crippen molar-refractivity contribution >= 4 is 41.5 Å². The first-order valence-corrected chi connectivity index (χ1v) is 10.3. The molecule has 1 unspecified atom stereocenters. The summed E-state index contributed by atoms with van der Waals surface area (Å²) < 4.78 is 11.2. The lowest BCUT2D eigenvalue weighted by atomic mass is 9.77. The second-order valence-corrected chi connectivity index (χ2v) is 8.84. The summed E-state index contributed by atoms with van der Waals surface area (Å²) in [5.41, 5.74) is 3.05. The molecule has 0 aromatic heterocycles. The van der Waals surface area contributed by atoms with Crippen LogP contribution in [0, 0.1) is 0 Å². The van der Waals surface area contributed by atoms with Crippen molar-refractivity contribution in [2.75, 3.05) is 6.61 Å². The van der Waals surface area contributed by atoms with E-state index in [4.69, 9.17) is 37.4 Å². The normalized spacial score (nSPS) is 22.3. The van der Waals surface area contributed by atoms with Crippen molar-refractivity contribution in [3.63, 3.8) is 0 Å². The molecule has 0 radical (unpaired) electrons. The Hall–Kier alpha value is -1.73. The van der Waals surface area contributed by atoms with Crippen molar-refractivity contribution in [3.8, 4) is 5.75 Å². The highest BCUT2D eigenvalue weighted by Gasteiger charge is 2.42. The Labute approximate surface area is 180 Å². The molecule has 29 heavy (non-hydrogen) atoms. The summed E-state index contributed by atoms with van der Waals surface area (Å²) in [6, 6.07) is 9.45. The smallest absolute Gasteiger partial charge is 0.491 e. The molecule has 5 nitrogen and oxygen atoms in total. The van der Waals surface area contributed by atoms with Gasteiger partial charge in [-0.25, -0.2) is 0 Å². The Morgan fingerprint density at radius 3 is 2.52 bits per heavy atom. The van der Waals surface area contributed by atoms with Crippen LogP contribution in [0.25, 0.3) is 0 Å². The van der Waals surface area contributed by atoms with Crippen LogP contribution in [0.2, 0.25) is 10.0 Å². The third-order valence-electron chi connectivity index (χ3n) is 5.47. The topological polar surface area (TPSA) is 60.3 Å². The highest BCUT2D eigenvalue weighted by atomic mass is 35.5. The standard InChI is InChI=1S/C21H22BCl2NO4/c1-5-27-19-16(23)9-13(10-17(19)24)21(4)11-18(25-29-21)12-6-7-15-14(8-12)20(2,3)28-22(15)26/h6-10,26H,5,11H2,1-4H3. The maximum absolute atomic E-state index is 10.1. The summed E-state index contributed by atoms with van der Waals surface area (Å²) in [6.07, 6.45) is 0.552. The van der Waals surface area contributed by atoms with Crippen molar-refractivity contribution in [2.45, 2.75) is 45.3 Å². The van der Waals surface area contributed by atoms with Crippen LogP contribution < -0.4 is 10.2 Å². The molecule has 4 rings (SSSR count). The van der Waals surface area contributed by atoms with Crippen LogP contribution in [0.15, 0.2) is 35.5 Å². The lowest BCUT2D eigenvalue weighted by Gasteiger charge is -2.23. The average molecular weight is 434 g/mol. The number of halogens is 2. The molecule has 0 saturated carbocycles. The van der Waals surface area contributed by atoms with Gasteiger partial charge in [0.15, 0.2) is 11.4 Å². The number of rotatable bonds is 4. The average Bonchev–Trinajstić information content (AvgIpc) is 3.16. The summed E-state index contributed by atoms with van der Waals surface area (Å²) in [6.45, 7) is 8.19. The van der Waals surface area contributed by atoms with E-state index >= 15 is 0 Å². The van der Waals surface area contributed by atoms with E-state index in [0.717, 1.165) is 27.9 Å². The summed E-state index contributed by atoms with van der Waals surface area (Å²) in [5.74, 6) is 0.474. The Balaban J connectivity index is 1.63. The SMILES string of the molecule is CCOc1c(Cl)cc(C2(C)CC(c3ccc4c(c3)C(C)(C)OB4O)=NO2)cc1Cl. The highest BCUT2D eigenvalue weighted by molar-refractivity contribution is 6.62. The Bertz CT molecular complexity index is 987. The van der Waals surface area contributed by atoms with Gasteiger partial charge in [0.05, 0.1) is 28.0 Å². The monoisotopic (exact) mass is 433 g/mol. The molecule has 2 aliphatic heterocycles. The second-order valence-electron chi connectivity index (χ2n) is 8.02. The van der Waals surface area contributed by atoms with E-state index in [1.54, 1.807) is 0 Å². The molecule has 0 aliphatic carbocycles. The predicted molar refractivity (Wildman–Crippen MR) is 115 cm³/mol. The van der Waals surface area contributed by atoms with E-state index in [9.17, 15) is 5.02 Å². The van der Waals surface area contributed by atoms with Gasteiger partial charge in [0, 0.05) is 12.0 Å². The molecule has 0 saturated heterocycles. The molecule has 2 aromatic rings. The van der Waals surface area contributed by atoms with Gasteiger partial charge in [-0.2, -0.15) is 0 Å².